The first-order valence-corrected chi connectivity index (χ1v) is 7.50. The van der Waals surface area contributed by atoms with E-state index in [0.717, 1.165) is 0 Å². The summed E-state index contributed by atoms with van der Waals surface area (Å²) in [5, 5.41) is 6.86. The van der Waals surface area contributed by atoms with Crippen LogP contribution in [0.1, 0.15) is 20.7 Å². The molecule has 0 spiro atoms. The molecule has 8 nitrogen and oxygen atoms in total. The molecular weight excluding hydrogens is 322 g/mol. The second-order valence-electron chi connectivity index (χ2n) is 5.51. The molecule has 0 aliphatic heterocycles. The van der Waals surface area contributed by atoms with E-state index in [1.54, 1.807) is 50.8 Å². The molecule has 0 radical (unpaired) electrons. The molecule has 0 saturated heterocycles. The Morgan fingerprint density at radius 3 is 2.80 bits per heavy atom. The SMILES string of the molecule is COc1cc(C(=O)N(C)C)ccc1NC(=O)c1cnn2cccnc12. The summed E-state index contributed by atoms with van der Waals surface area (Å²) in [7, 11) is 4.82. The van der Waals surface area contributed by atoms with E-state index < -0.39 is 0 Å². The first-order valence-electron chi connectivity index (χ1n) is 7.50. The summed E-state index contributed by atoms with van der Waals surface area (Å²) in [5.74, 6) is -0.118. The van der Waals surface area contributed by atoms with Crippen molar-refractivity contribution >= 4 is 23.1 Å². The predicted molar refractivity (Wildman–Crippen MR) is 92.0 cm³/mol. The average Bonchev–Trinajstić information content (AvgIpc) is 3.05. The lowest BCUT2D eigenvalue weighted by atomic mass is 10.1. The number of amides is 2. The molecule has 128 valence electrons. The van der Waals surface area contributed by atoms with Crippen molar-refractivity contribution in [2.75, 3.05) is 26.5 Å². The monoisotopic (exact) mass is 339 g/mol. The number of fused-ring (bicyclic) bond motifs is 1. The molecule has 3 aromatic rings. The van der Waals surface area contributed by atoms with Crippen molar-refractivity contribution in [3.05, 3.63) is 54.0 Å². The van der Waals surface area contributed by atoms with E-state index in [1.807, 2.05) is 0 Å². The van der Waals surface area contributed by atoms with Crippen LogP contribution in [-0.2, 0) is 0 Å². The van der Waals surface area contributed by atoms with Gasteiger partial charge in [-0.3, -0.25) is 9.59 Å². The molecular formula is C17H17N5O3. The fourth-order valence-corrected chi connectivity index (χ4v) is 2.36. The third-order valence-corrected chi connectivity index (χ3v) is 3.63. The van der Waals surface area contributed by atoms with Gasteiger partial charge >= 0.3 is 0 Å². The number of ether oxygens (including phenoxy) is 1. The quantitative estimate of drug-likeness (QED) is 0.781. The molecule has 0 aliphatic carbocycles. The lowest BCUT2D eigenvalue weighted by molar-refractivity contribution is 0.0827. The Morgan fingerprint density at radius 1 is 1.28 bits per heavy atom. The third-order valence-electron chi connectivity index (χ3n) is 3.63. The van der Waals surface area contributed by atoms with Gasteiger partial charge in [0.25, 0.3) is 11.8 Å². The van der Waals surface area contributed by atoms with Crippen LogP contribution in [0.15, 0.2) is 42.9 Å². The number of benzene rings is 1. The topological polar surface area (TPSA) is 88.8 Å². The van der Waals surface area contributed by atoms with E-state index in [1.165, 1.54) is 22.7 Å². The Labute approximate surface area is 144 Å². The van der Waals surface area contributed by atoms with Gasteiger partial charge in [0.15, 0.2) is 5.65 Å². The lowest BCUT2D eigenvalue weighted by Gasteiger charge is -2.14. The predicted octanol–water partition coefficient (Wildman–Crippen LogP) is 1.69. The van der Waals surface area contributed by atoms with Crippen molar-refractivity contribution < 1.29 is 14.3 Å². The van der Waals surface area contributed by atoms with Gasteiger partial charge in [0.1, 0.15) is 11.3 Å². The second-order valence-corrected chi connectivity index (χ2v) is 5.51. The van der Waals surface area contributed by atoms with Gasteiger partial charge in [-0.15, -0.1) is 0 Å². The summed E-state index contributed by atoms with van der Waals surface area (Å²) >= 11 is 0. The van der Waals surface area contributed by atoms with Gasteiger partial charge < -0.3 is 15.0 Å². The Balaban J connectivity index is 1.89. The number of carbonyl (C=O) groups is 2. The van der Waals surface area contributed by atoms with Crippen LogP contribution in [0.2, 0.25) is 0 Å². The number of rotatable bonds is 4. The Morgan fingerprint density at radius 2 is 2.08 bits per heavy atom. The summed E-state index contributed by atoms with van der Waals surface area (Å²) in [6.45, 7) is 0. The first-order chi connectivity index (χ1) is 12.0. The smallest absolute Gasteiger partial charge is 0.261 e. The van der Waals surface area contributed by atoms with Crippen LogP contribution in [0.25, 0.3) is 5.65 Å². The molecule has 2 aromatic heterocycles. The minimum atomic E-state index is -0.362. The van der Waals surface area contributed by atoms with Gasteiger partial charge in [-0.05, 0) is 24.3 Å². The van der Waals surface area contributed by atoms with Crippen LogP contribution in [0.4, 0.5) is 5.69 Å². The van der Waals surface area contributed by atoms with Crippen molar-refractivity contribution in [3.8, 4) is 5.75 Å². The molecule has 0 fully saturated rings. The molecule has 0 atom stereocenters. The van der Waals surface area contributed by atoms with E-state index in [4.69, 9.17) is 4.74 Å². The summed E-state index contributed by atoms with van der Waals surface area (Å²) in [6.07, 6.45) is 4.76. The number of aromatic nitrogens is 3. The zero-order valence-electron chi connectivity index (χ0n) is 14.1. The van der Waals surface area contributed by atoms with Crippen molar-refractivity contribution in [1.29, 1.82) is 0 Å². The van der Waals surface area contributed by atoms with Gasteiger partial charge in [0, 0.05) is 32.1 Å². The highest BCUT2D eigenvalue weighted by molar-refractivity contribution is 6.09. The van der Waals surface area contributed by atoms with Crippen LogP contribution in [0, 0.1) is 0 Å². The largest absolute Gasteiger partial charge is 0.495 e. The molecule has 3 rings (SSSR count). The molecule has 2 heterocycles. The molecule has 2 amide bonds. The van der Waals surface area contributed by atoms with Crippen LogP contribution in [0.5, 0.6) is 5.75 Å². The maximum Gasteiger partial charge on any atom is 0.261 e. The zero-order chi connectivity index (χ0) is 18.0. The summed E-state index contributed by atoms with van der Waals surface area (Å²) in [4.78, 5) is 30.2. The number of nitrogens with one attached hydrogen (secondary N) is 1. The van der Waals surface area contributed by atoms with Gasteiger partial charge in [-0.25, -0.2) is 9.50 Å². The van der Waals surface area contributed by atoms with Crippen molar-refractivity contribution in [1.82, 2.24) is 19.5 Å². The highest BCUT2D eigenvalue weighted by Crippen LogP contribution is 2.27. The Hall–Kier alpha value is -3.42. The minimum absolute atomic E-state index is 0.150. The van der Waals surface area contributed by atoms with Gasteiger partial charge in [-0.2, -0.15) is 5.10 Å². The second kappa shape index (κ2) is 6.60. The van der Waals surface area contributed by atoms with Crippen LogP contribution >= 0.6 is 0 Å². The minimum Gasteiger partial charge on any atom is -0.495 e. The third kappa shape index (κ3) is 3.14. The normalized spacial score (nSPS) is 10.5. The highest BCUT2D eigenvalue weighted by Gasteiger charge is 2.17. The van der Waals surface area contributed by atoms with E-state index in [9.17, 15) is 9.59 Å². The highest BCUT2D eigenvalue weighted by atomic mass is 16.5. The molecule has 1 N–H and O–H groups in total. The zero-order valence-corrected chi connectivity index (χ0v) is 14.1. The van der Waals surface area contributed by atoms with Crippen molar-refractivity contribution in [3.63, 3.8) is 0 Å². The Kier molecular flexibility index (Phi) is 4.34. The molecule has 1 aromatic carbocycles. The molecule has 8 heteroatoms. The number of carbonyl (C=O) groups excluding carboxylic acids is 2. The average molecular weight is 339 g/mol. The maximum absolute atomic E-state index is 12.5. The molecule has 0 bridgehead atoms. The summed E-state index contributed by atoms with van der Waals surface area (Å²) < 4.78 is 6.82. The van der Waals surface area contributed by atoms with Gasteiger partial charge in [0.2, 0.25) is 0 Å². The van der Waals surface area contributed by atoms with E-state index in [0.29, 0.717) is 28.2 Å². The number of hydrogen-bond donors (Lipinski definition) is 1. The van der Waals surface area contributed by atoms with E-state index in [2.05, 4.69) is 15.4 Å². The Bertz CT molecular complexity index is 948. The summed E-state index contributed by atoms with van der Waals surface area (Å²) in [6, 6.07) is 6.58. The number of nitrogens with zero attached hydrogens (tertiary/aromatic N) is 4. The maximum atomic E-state index is 12.5. The number of hydrogen-bond acceptors (Lipinski definition) is 5. The van der Waals surface area contributed by atoms with Gasteiger partial charge in [-0.1, -0.05) is 0 Å². The lowest BCUT2D eigenvalue weighted by Crippen LogP contribution is -2.21. The van der Waals surface area contributed by atoms with Crippen LogP contribution < -0.4 is 10.1 Å². The standard InChI is InChI=1S/C17H17N5O3/c1-21(2)17(24)11-5-6-13(14(9-11)25-3)20-16(23)12-10-19-22-8-4-7-18-15(12)22/h4-10H,1-3H3,(H,20,23). The first kappa shape index (κ1) is 16.4. The van der Waals surface area contributed by atoms with Crippen molar-refractivity contribution in [2.24, 2.45) is 0 Å². The van der Waals surface area contributed by atoms with E-state index in [-0.39, 0.29) is 11.8 Å². The fourth-order valence-electron chi connectivity index (χ4n) is 2.36. The molecule has 0 aliphatic rings. The molecule has 25 heavy (non-hydrogen) atoms. The molecule has 0 saturated carbocycles. The van der Waals surface area contributed by atoms with E-state index >= 15 is 0 Å². The fraction of sp³-hybridized carbons (Fsp3) is 0.176. The van der Waals surface area contributed by atoms with Gasteiger partial charge in [0.05, 0.1) is 19.0 Å². The molecule has 0 unspecified atom stereocenters. The van der Waals surface area contributed by atoms with Crippen LogP contribution in [-0.4, -0.2) is 52.5 Å². The van der Waals surface area contributed by atoms with Crippen LogP contribution in [0.3, 0.4) is 0 Å². The van der Waals surface area contributed by atoms with Crippen molar-refractivity contribution in [2.45, 2.75) is 0 Å². The number of methoxy groups -OCH3 is 1. The summed E-state index contributed by atoms with van der Waals surface area (Å²) in [5.41, 5.74) is 1.73. The number of anilines is 1.